The molecule has 0 saturated heterocycles. The molecule has 0 aliphatic carbocycles. The van der Waals surface area contributed by atoms with Crippen molar-refractivity contribution < 1.29 is 0 Å². The van der Waals surface area contributed by atoms with Gasteiger partial charge in [-0.05, 0) is 43.3 Å². The average molecular weight is 224 g/mol. The highest BCUT2D eigenvalue weighted by Crippen LogP contribution is 2.28. The van der Waals surface area contributed by atoms with Gasteiger partial charge >= 0.3 is 0 Å². The summed E-state index contributed by atoms with van der Waals surface area (Å²) in [5, 5.41) is 0. The highest BCUT2D eigenvalue weighted by atomic mass is 32.2. The molecule has 0 atom stereocenters. The van der Waals surface area contributed by atoms with Crippen molar-refractivity contribution in [3.05, 3.63) is 59.7 Å². The van der Waals surface area contributed by atoms with E-state index >= 15 is 0 Å². The quantitative estimate of drug-likeness (QED) is 0.691. The smallest absolute Gasteiger partial charge is 0.0243 e. The molecule has 0 fully saturated rings. The molecular weight excluding hydrogens is 212 g/mol. The summed E-state index contributed by atoms with van der Waals surface area (Å²) in [4.78, 5) is 2.47. The van der Waals surface area contributed by atoms with Crippen molar-refractivity contribution in [3.8, 4) is 12.3 Å². The van der Waals surface area contributed by atoms with Crippen LogP contribution in [0.25, 0.3) is 0 Å². The van der Waals surface area contributed by atoms with Gasteiger partial charge in [-0.3, -0.25) is 0 Å². The summed E-state index contributed by atoms with van der Waals surface area (Å²) >= 11 is 1.75. The monoisotopic (exact) mass is 224 g/mol. The molecule has 0 unspecified atom stereocenters. The molecule has 0 amide bonds. The molecule has 0 heterocycles. The molecule has 16 heavy (non-hydrogen) atoms. The highest BCUT2D eigenvalue weighted by molar-refractivity contribution is 7.99. The van der Waals surface area contributed by atoms with Crippen LogP contribution < -0.4 is 0 Å². The van der Waals surface area contributed by atoms with Gasteiger partial charge in [0.05, 0.1) is 0 Å². The largest absolute Gasteiger partial charge is 0.115 e. The second kappa shape index (κ2) is 4.92. The van der Waals surface area contributed by atoms with Crippen molar-refractivity contribution in [2.45, 2.75) is 16.7 Å². The third-order valence-corrected chi connectivity index (χ3v) is 3.24. The zero-order valence-electron chi connectivity index (χ0n) is 9.10. The van der Waals surface area contributed by atoms with E-state index < -0.39 is 0 Å². The lowest BCUT2D eigenvalue weighted by Crippen LogP contribution is -1.77. The van der Waals surface area contributed by atoms with E-state index in [1.807, 2.05) is 12.1 Å². The maximum atomic E-state index is 5.32. The summed E-state index contributed by atoms with van der Waals surface area (Å²) in [6.07, 6.45) is 5.32. The molecule has 1 heteroatoms. The molecule has 0 aliphatic heterocycles. The number of benzene rings is 2. The molecule has 0 bridgehead atoms. The minimum absolute atomic E-state index is 0.925. The molecule has 0 aliphatic rings. The summed E-state index contributed by atoms with van der Waals surface area (Å²) in [7, 11) is 0. The summed E-state index contributed by atoms with van der Waals surface area (Å²) in [5.41, 5.74) is 2.21. The average Bonchev–Trinajstić information content (AvgIpc) is 2.30. The van der Waals surface area contributed by atoms with Crippen LogP contribution in [-0.4, -0.2) is 0 Å². The number of aryl methyl sites for hydroxylation is 1. The lowest BCUT2D eigenvalue weighted by Gasteiger charge is -2.02. The Hall–Kier alpha value is -1.65. The maximum absolute atomic E-state index is 5.32. The normalized spacial score (nSPS) is 9.75. The molecule has 78 valence electrons. The predicted molar refractivity (Wildman–Crippen MR) is 69.7 cm³/mol. The molecular formula is C15H12S. The fourth-order valence-electron chi connectivity index (χ4n) is 1.43. The fourth-order valence-corrected chi connectivity index (χ4v) is 2.37. The van der Waals surface area contributed by atoms with Gasteiger partial charge < -0.3 is 0 Å². The number of rotatable bonds is 2. The molecule has 0 spiro atoms. The van der Waals surface area contributed by atoms with Crippen molar-refractivity contribution in [2.24, 2.45) is 0 Å². The van der Waals surface area contributed by atoms with Gasteiger partial charge in [-0.15, -0.1) is 6.42 Å². The van der Waals surface area contributed by atoms with Gasteiger partial charge in [0.25, 0.3) is 0 Å². The Bertz CT molecular complexity index is 518. The fraction of sp³-hybridized carbons (Fsp3) is 0.0667. The number of terminal acetylenes is 1. The SMILES string of the molecule is C#Cc1ccc(Sc2cccc(C)c2)cc1. The highest BCUT2D eigenvalue weighted by Gasteiger charge is 1.97. The van der Waals surface area contributed by atoms with Gasteiger partial charge in [0, 0.05) is 15.4 Å². The van der Waals surface area contributed by atoms with E-state index in [2.05, 4.69) is 49.2 Å². The van der Waals surface area contributed by atoms with Crippen molar-refractivity contribution in [1.29, 1.82) is 0 Å². The third kappa shape index (κ3) is 2.68. The first-order chi connectivity index (χ1) is 7.78. The first-order valence-corrected chi connectivity index (χ1v) is 5.91. The van der Waals surface area contributed by atoms with Crippen LogP contribution in [0.5, 0.6) is 0 Å². The lowest BCUT2D eigenvalue weighted by atomic mass is 10.2. The minimum Gasteiger partial charge on any atom is -0.115 e. The van der Waals surface area contributed by atoms with Crippen molar-refractivity contribution in [1.82, 2.24) is 0 Å². The Balaban J connectivity index is 2.18. The van der Waals surface area contributed by atoms with Crippen molar-refractivity contribution in [3.63, 3.8) is 0 Å². The molecule has 0 N–H and O–H groups in total. The molecule has 0 aromatic heterocycles. The minimum atomic E-state index is 0.925. The van der Waals surface area contributed by atoms with Gasteiger partial charge in [0.1, 0.15) is 0 Å². The van der Waals surface area contributed by atoms with Crippen LogP contribution in [0, 0.1) is 19.3 Å². The van der Waals surface area contributed by atoms with Gasteiger partial charge in [-0.25, -0.2) is 0 Å². The van der Waals surface area contributed by atoms with Crippen LogP contribution in [0.2, 0.25) is 0 Å². The Morgan fingerprint density at radius 3 is 2.38 bits per heavy atom. The van der Waals surface area contributed by atoms with E-state index in [-0.39, 0.29) is 0 Å². The van der Waals surface area contributed by atoms with Crippen LogP contribution in [0.4, 0.5) is 0 Å². The first kappa shape index (κ1) is 10.9. The van der Waals surface area contributed by atoms with E-state index in [9.17, 15) is 0 Å². The summed E-state index contributed by atoms with van der Waals surface area (Å²) in [6.45, 7) is 2.10. The Morgan fingerprint density at radius 1 is 1.00 bits per heavy atom. The van der Waals surface area contributed by atoms with E-state index in [1.54, 1.807) is 11.8 Å². The van der Waals surface area contributed by atoms with Gasteiger partial charge in [0.15, 0.2) is 0 Å². The lowest BCUT2D eigenvalue weighted by molar-refractivity contribution is 1.34. The molecule has 0 saturated carbocycles. The van der Waals surface area contributed by atoms with Gasteiger partial charge in [-0.1, -0.05) is 35.4 Å². The molecule has 2 rings (SSSR count). The molecule has 2 aromatic carbocycles. The molecule has 0 nitrogen and oxygen atoms in total. The Labute approximate surface area is 101 Å². The van der Waals surface area contributed by atoms with Crippen LogP contribution in [-0.2, 0) is 0 Å². The number of hydrogen-bond acceptors (Lipinski definition) is 1. The van der Waals surface area contributed by atoms with Crippen LogP contribution in [0.3, 0.4) is 0 Å². The van der Waals surface area contributed by atoms with Crippen molar-refractivity contribution in [2.75, 3.05) is 0 Å². The van der Waals surface area contributed by atoms with E-state index in [4.69, 9.17) is 6.42 Å². The summed E-state index contributed by atoms with van der Waals surface area (Å²) in [5.74, 6) is 2.62. The first-order valence-electron chi connectivity index (χ1n) is 5.09. The van der Waals surface area contributed by atoms with Gasteiger partial charge in [0.2, 0.25) is 0 Å². The maximum Gasteiger partial charge on any atom is 0.0243 e. The van der Waals surface area contributed by atoms with Gasteiger partial charge in [-0.2, -0.15) is 0 Å². The van der Waals surface area contributed by atoms with Crippen LogP contribution in [0.1, 0.15) is 11.1 Å². The third-order valence-electron chi connectivity index (χ3n) is 2.25. The predicted octanol–water partition coefficient (Wildman–Crippen LogP) is 4.13. The zero-order valence-corrected chi connectivity index (χ0v) is 9.92. The van der Waals surface area contributed by atoms with E-state index in [0.29, 0.717) is 0 Å². The summed E-state index contributed by atoms with van der Waals surface area (Å²) in [6, 6.07) is 16.5. The Kier molecular flexibility index (Phi) is 3.34. The zero-order chi connectivity index (χ0) is 11.4. The van der Waals surface area contributed by atoms with Crippen LogP contribution in [0.15, 0.2) is 58.3 Å². The van der Waals surface area contributed by atoms with E-state index in [0.717, 1.165) is 5.56 Å². The van der Waals surface area contributed by atoms with Crippen LogP contribution >= 0.6 is 11.8 Å². The number of hydrogen-bond donors (Lipinski definition) is 0. The van der Waals surface area contributed by atoms with Crippen molar-refractivity contribution >= 4 is 11.8 Å². The molecule has 2 aromatic rings. The topological polar surface area (TPSA) is 0 Å². The second-order valence-corrected chi connectivity index (χ2v) is 4.73. The summed E-state index contributed by atoms with van der Waals surface area (Å²) < 4.78 is 0. The molecule has 0 radical (unpaired) electrons. The second-order valence-electron chi connectivity index (χ2n) is 3.59. The van der Waals surface area contributed by atoms with E-state index in [1.165, 1.54) is 15.4 Å². The standard InChI is InChI=1S/C15H12S/c1-3-13-7-9-14(10-8-13)16-15-6-4-5-12(2)11-15/h1,4-11H,2H3. The Morgan fingerprint density at radius 2 is 1.75 bits per heavy atom.